The number of ether oxygens (including phenoxy) is 1. The minimum atomic E-state index is -0.823. The van der Waals surface area contributed by atoms with Crippen LogP contribution in [0.1, 0.15) is 6.42 Å². The number of hydrogen-bond acceptors (Lipinski definition) is 5. The van der Waals surface area contributed by atoms with Gasteiger partial charge in [-0.2, -0.15) is 0 Å². The van der Waals surface area contributed by atoms with Crippen molar-refractivity contribution in [3.63, 3.8) is 0 Å². The van der Waals surface area contributed by atoms with Gasteiger partial charge in [-0.25, -0.2) is 4.39 Å². The molecule has 0 amide bonds. The largest absolute Gasteiger partial charge is 0.495 e. The minimum Gasteiger partial charge on any atom is -0.495 e. The Bertz CT molecular complexity index is 533. The van der Waals surface area contributed by atoms with Crippen molar-refractivity contribution in [2.75, 3.05) is 64.1 Å². The summed E-state index contributed by atoms with van der Waals surface area (Å²) in [6.07, 6.45) is 0.0353. The van der Waals surface area contributed by atoms with Gasteiger partial charge in [0.25, 0.3) is 0 Å². The summed E-state index contributed by atoms with van der Waals surface area (Å²) in [5.41, 5.74) is 7.45. The Morgan fingerprint density at radius 3 is 2.57 bits per heavy atom. The van der Waals surface area contributed by atoms with E-state index in [4.69, 9.17) is 10.5 Å². The van der Waals surface area contributed by atoms with E-state index in [0.717, 1.165) is 44.8 Å². The Morgan fingerprint density at radius 1 is 1.17 bits per heavy atom. The second-order valence-corrected chi connectivity index (χ2v) is 6.58. The Labute approximate surface area is 137 Å². The van der Waals surface area contributed by atoms with Crippen molar-refractivity contribution >= 4 is 11.4 Å². The first-order chi connectivity index (χ1) is 11.1. The maximum absolute atomic E-state index is 14.8. The number of nitrogens with zero attached hydrogens (tertiary/aromatic N) is 3. The second-order valence-electron chi connectivity index (χ2n) is 6.58. The number of alkyl halides is 1. The fraction of sp³-hybridized carbons (Fsp3) is 0.647. The number of methoxy groups -OCH3 is 1. The molecule has 0 radical (unpaired) electrons. The number of hydrogen-bond donors (Lipinski definition) is 1. The molecule has 0 bridgehead atoms. The lowest BCUT2D eigenvalue weighted by Crippen LogP contribution is -2.57. The second kappa shape index (κ2) is 6.93. The molecule has 6 heteroatoms. The highest BCUT2D eigenvalue weighted by Crippen LogP contribution is 2.30. The number of halogens is 1. The van der Waals surface area contributed by atoms with Crippen molar-refractivity contribution in [3.05, 3.63) is 18.2 Å². The number of likely N-dealkylation sites (N-methyl/N-ethyl adjacent to an activating group) is 1. The molecule has 0 saturated carbocycles. The van der Waals surface area contributed by atoms with Gasteiger partial charge in [0.15, 0.2) is 0 Å². The Morgan fingerprint density at radius 2 is 1.91 bits per heavy atom. The normalized spacial score (nSPS) is 27.2. The predicted molar refractivity (Wildman–Crippen MR) is 92.0 cm³/mol. The van der Waals surface area contributed by atoms with Crippen LogP contribution in [-0.2, 0) is 0 Å². The van der Waals surface area contributed by atoms with Gasteiger partial charge in [-0.15, -0.1) is 0 Å². The molecule has 2 unspecified atom stereocenters. The summed E-state index contributed by atoms with van der Waals surface area (Å²) < 4.78 is 20.0. The van der Waals surface area contributed by atoms with Crippen LogP contribution in [0.5, 0.6) is 5.75 Å². The molecule has 128 valence electrons. The van der Waals surface area contributed by atoms with Crippen LogP contribution in [0.3, 0.4) is 0 Å². The summed E-state index contributed by atoms with van der Waals surface area (Å²) in [7, 11) is 3.73. The van der Waals surface area contributed by atoms with Crippen molar-refractivity contribution < 1.29 is 9.13 Å². The molecule has 2 aliphatic heterocycles. The number of anilines is 2. The van der Waals surface area contributed by atoms with E-state index in [1.807, 2.05) is 18.2 Å². The van der Waals surface area contributed by atoms with Crippen LogP contribution in [0.15, 0.2) is 18.2 Å². The van der Waals surface area contributed by atoms with Gasteiger partial charge in [-0.05, 0) is 25.6 Å². The van der Waals surface area contributed by atoms with Crippen molar-refractivity contribution in [3.8, 4) is 5.75 Å². The summed E-state index contributed by atoms with van der Waals surface area (Å²) in [4.78, 5) is 6.73. The van der Waals surface area contributed by atoms with Crippen LogP contribution >= 0.6 is 0 Å². The molecule has 23 heavy (non-hydrogen) atoms. The summed E-state index contributed by atoms with van der Waals surface area (Å²) in [6, 6.07) is 5.73. The van der Waals surface area contributed by atoms with Crippen molar-refractivity contribution in [1.29, 1.82) is 0 Å². The zero-order chi connectivity index (χ0) is 16.4. The molecule has 2 saturated heterocycles. The topological polar surface area (TPSA) is 45.0 Å². The maximum atomic E-state index is 14.8. The van der Waals surface area contributed by atoms with Crippen molar-refractivity contribution in [2.24, 2.45) is 0 Å². The van der Waals surface area contributed by atoms with Crippen LogP contribution in [-0.4, -0.2) is 75.4 Å². The summed E-state index contributed by atoms with van der Waals surface area (Å²) in [5, 5.41) is 0. The molecule has 2 atom stereocenters. The molecular weight excluding hydrogens is 295 g/mol. The smallest absolute Gasteiger partial charge is 0.143 e. The highest BCUT2D eigenvalue weighted by Gasteiger charge is 2.34. The van der Waals surface area contributed by atoms with Crippen molar-refractivity contribution in [2.45, 2.75) is 18.6 Å². The molecule has 2 fully saturated rings. The first-order valence-corrected chi connectivity index (χ1v) is 8.33. The molecule has 1 aromatic rings. The third-order valence-electron chi connectivity index (χ3n) is 5.10. The Hall–Kier alpha value is -1.53. The lowest BCUT2D eigenvalue weighted by atomic mass is 9.99. The molecule has 0 spiro atoms. The van der Waals surface area contributed by atoms with Crippen LogP contribution in [0, 0.1) is 0 Å². The monoisotopic (exact) mass is 322 g/mol. The van der Waals surface area contributed by atoms with Gasteiger partial charge in [-0.3, -0.25) is 4.90 Å². The molecule has 2 heterocycles. The fourth-order valence-corrected chi connectivity index (χ4v) is 3.59. The van der Waals surface area contributed by atoms with Gasteiger partial charge < -0.3 is 20.3 Å². The number of rotatable bonds is 3. The van der Waals surface area contributed by atoms with Crippen molar-refractivity contribution in [1.82, 2.24) is 9.80 Å². The van der Waals surface area contributed by atoms with Crippen LogP contribution < -0.4 is 15.4 Å². The van der Waals surface area contributed by atoms with E-state index >= 15 is 0 Å². The zero-order valence-electron chi connectivity index (χ0n) is 14.0. The maximum Gasteiger partial charge on any atom is 0.143 e. The Balaban J connectivity index is 1.64. The first-order valence-electron chi connectivity index (χ1n) is 8.33. The number of nitrogen functional groups attached to an aromatic ring is 1. The fourth-order valence-electron chi connectivity index (χ4n) is 3.59. The number of nitrogens with two attached hydrogens (primary N) is 1. The Kier molecular flexibility index (Phi) is 4.92. The molecule has 1 aromatic carbocycles. The molecular formula is C17H27FN4O. The molecule has 5 nitrogen and oxygen atoms in total. The van der Waals surface area contributed by atoms with E-state index in [9.17, 15) is 4.39 Å². The predicted octanol–water partition coefficient (Wildman–Crippen LogP) is 1.44. The minimum absolute atomic E-state index is 0.0515. The third-order valence-corrected chi connectivity index (χ3v) is 5.10. The number of piperazine rings is 1. The van der Waals surface area contributed by atoms with E-state index in [-0.39, 0.29) is 6.04 Å². The summed E-state index contributed by atoms with van der Waals surface area (Å²) in [5.74, 6) is 0.652. The van der Waals surface area contributed by atoms with Crippen LogP contribution in [0.25, 0.3) is 0 Å². The SMILES string of the molecule is COc1cc(N2CCC(N3CCN(C)CC3)C(F)C2)ccc1N. The summed E-state index contributed by atoms with van der Waals surface area (Å²) in [6.45, 7) is 5.30. The quantitative estimate of drug-likeness (QED) is 0.853. The van der Waals surface area contributed by atoms with E-state index in [1.165, 1.54) is 0 Å². The van der Waals surface area contributed by atoms with E-state index in [0.29, 0.717) is 18.0 Å². The number of benzene rings is 1. The molecule has 3 rings (SSSR count). The lowest BCUT2D eigenvalue weighted by molar-refractivity contribution is 0.0532. The van der Waals surface area contributed by atoms with Gasteiger partial charge in [-0.1, -0.05) is 0 Å². The standard InChI is InChI=1S/C17H27FN4O/c1-20-7-9-21(10-8-20)16-5-6-22(12-14(16)18)13-3-4-15(19)17(11-13)23-2/h3-4,11,14,16H,5-10,12,19H2,1-2H3. The zero-order valence-corrected chi connectivity index (χ0v) is 14.0. The van der Waals surface area contributed by atoms with E-state index < -0.39 is 6.17 Å². The molecule has 2 N–H and O–H groups in total. The summed E-state index contributed by atoms with van der Waals surface area (Å²) >= 11 is 0. The van der Waals surface area contributed by atoms with Crippen LogP contribution in [0.2, 0.25) is 0 Å². The highest BCUT2D eigenvalue weighted by atomic mass is 19.1. The molecule has 0 aromatic heterocycles. The molecule has 0 aliphatic carbocycles. The molecule has 2 aliphatic rings. The first kappa shape index (κ1) is 16.3. The van der Waals surface area contributed by atoms with E-state index in [2.05, 4.69) is 21.7 Å². The van der Waals surface area contributed by atoms with Gasteiger partial charge in [0.05, 0.1) is 19.3 Å². The van der Waals surface area contributed by atoms with Crippen LogP contribution in [0.4, 0.5) is 15.8 Å². The van der Waals surface area contributed by atoms with Gasteiger partial charge in [0, 0.05) is 50.5 Å². The third kappa shape index (κ3) is 3.53. The van der Waals surface area contributed by atoms with Gasteiger partial charge in [0.1, 0.15) is 11.9 Å². The van der Waals surface area contributed by atoms with Gasteiger partial charge >= 0.3 is 0 Å². The van der Waals surface area contributed by atoms with E-state index in [1.54, 1.807) is 7.11 Å². The lowest BCUT2D eigenvalue weighted by Gasteiger charge is -2.44. The highest BCUT2D eigenvalue weighted by molar-refractivity contribution is 5.62. The van der Waals surface area contributed by atoms with Gasteiger partial charge in [0.2, 0.25) is 0 Å². The number of piperidine rings is 1. The average Bonchev–Trinajstić information content (AvgIpc) is 2.56. The average molecular weight is 322 g/mol.